The first-order chi connectivity index (χ1) is 3.81. The second-order valence-electron chi connectivity index (χ2n) is 1.46. The Morgan fingerprint density at radius 3 is 1.38 bits per heavy atom. The van der Waals surface area contributed by atoms with Crippen LogP contribution in [0.15, 0.2) is 12.2 Å². The molecule has 0 radical (unpaired) electrons. The lowest BCUT2D eigenvalue weighted by Crippen LogP contribution is -1.68. The molecule has 0 saturated carbocycles. The van der Waals surface area contributed by atoms with Crippen LogP contribution in [0.2, 0.25) is 0 Å². The molecular weight excluding hydrogens is 96.1 g/mol. The van der Waals surface area contributed by atoms with Gasteiger partial charge in [-0.1, -0.05) is 39.8 Å². The van der Waals surface area contributed by atoms with Crippen molar-refractivity contribution in [3.05, 3.63) is 12.2 Å². The molecule has 0 unspecified atom stereocenters. The van der Waals surface area contributed by atoms with Crippen molar-refractivity contribution in [2.75, 3.05) is 0 Å². The van der Waals surface area contributed by atoms with E-state index in [0.717, 1.165) is 12.8 Å². The highest BCUT2D eigenvalue weighted by atomic mass is 13.8. The molecule has 0 N–H and O–H groups in total. The molecule has 50 valence electrons. The normalized spacial score (nSPS) is 7.00. The Hall–Kier alpha value is -0.260. The Morgan fingerprint density at radius 2 is 1.38 bits per heavy atom. The third-order valence-electron chi connectivity index (χ3n) is 1.000. The van der Waals surface area contributed by atoms with Gasteiger partial charge in [0.25, 0.3) is 0 Å². The van der Waals surface area contributed by atoms with Gasteiger partial charge in [-0.05, 0) is 12.8 Å². The maximum Gasteiger partial charge on any atom is -0.0352 e. The molecule has 0 rings (SSSR count). The lowest BCUT2D eigenvalue weighted by atomic mass is 10.2. The largest absolute Gasteiger partial charge is 0.0999 e. The Labute approximate surface area is 53.6 Å². The first kappa shape index (κ1) is 10.7. The van der Waals surface area contributed by atoms with Gasteiger partial charge in [-0.15, -0.1) is 0 Å². The van der Waals surface area contributed by atoms with Gasteiger partial charge in [-0.3, -0.25) is 0 Å². The minimum absolute atomic E-state index is 1.14. The van der Waals surface area contributed by atoms with E-state index in [9.17, 15) is 0 Å². The predicted octanol–water partition coefficient (Wildman–Crippen LogP) is 3.39. The standard InChI is InChI=1S/C6H12.C2H6/c1-4-6(3)5-2;1-2/h3-5H2,1-2H3;1-2H3. The Balaban J connectivity index is 0. The highest BCUT2D eigenvalue weighted by Gasteiger charge is 1.78. The maximum absolute atomic E-state index is 3.79. The Morgan fingerprint density at radius 1 is 1.12 bits per heavy atom. The van der Waals surface area contributed by atoms with Crippen LogP contribution < -0.4 is 0 Å². The summed E-state index contributed by atoms with van der Waals surface area (Å²) in [5.41, 5.74) is 1.34. The van der Waals surface area contributed by atoms with E-state index in [4.69, 9.17) is 0 Å². The molecule has 0 aromatic carbocycles. The van der Waals surface area contributed by atoms with Crippen molar-refractivity contribution in [3.8, 4) is 0 Å². The SMILES string of the molecule is C=C(CC)CC.CC. The van der Waals surface area contributed by atoms with Crippen LogP contribution in [-0.4, -0.2) is 0 Å². The number of hydrogen-bond donors (Lipinski definition) is 0. The van der Waals surface area contributed by atoms with Crippen molar-refractivity contribution in [2.45, 2.75) is 40.5 Å². The summed E-state index contributed by atoms with van der Waals surface area (Å²) in [4.78, 5) is 0. The van der Waals surface area contributed by atoms with Crippen LogP contribution in [-0.2, 0) is 0 Å². The van der Waals surface area contributed by atoms with Gasteiger partial charge < -0.3 is 0 Å². The molecule has 0 spiro atoms. The van der Waals surface area contributed by atoms with Crippen LogP contribution in [0.3, 0.4) is 0 Å². The molecule has 0 aromatic rings. The summed E-state index contributed by atoms with van der Waals surface area (Å²) in [6.07, 6.45) is 2.27. The summed E-state index contributed by atoms with van der Waals surface area (Å²) < 4.78 is 0. The van der Waals surface area contributed by atoms with E-state index in [1.54, 1.807) is 0 Å². The van der Waals surface area contributed by atoms with Crippen LogP contribution in [0.1, 0.15) is 40.5 Å². The summed E-state index contributed by atoms with van der Waals surface area (Å²) in [5, 5.41) is 0. The first-order valence-corrected chi connectivity index (χ1v) is 3.47. The van der Waals surface area contributed by atoms with Gasteiger partial charge in [-0.2, -0.15) is 0 Å². The van der Waals surface area contributed by atoms with E-state index in [-0.39, 0.29) is 0 Å². The minimum atomic E-state index is 1.14. The van der Waals surface area contributed by atoms with Gasteiger partial charge in [0, 0.05) is 0 Å². The Bertz CT molecular complexity index is 38.0. The number of rotatable bonds is 2. The van der Waals surface area contributed by atoms with Gasteiger partial charge in [-0.25, -0.2) is 0 Å². The zero-order valence-electron chi connectivity index (χ0n) is 6.62. The van der Waals surface area contributed by atoms with Crippen LogP contribution in [0, 0.1) is 0 Å². The van der Waals surface area contributed by atoms with E-state index in [2.05, 4.69) is 20.4 Å². The molecule has 0 aliphatic rings. The second kappa shape index (κ2) is 9.88. The molecule has 0 atom stereocenters. The third-order valence-corrected chi connectivity index (χ3v) is 1.000. The third kappa shape index (κ3) is 9.22. The topological polar surface area (TPSA) is 0 Å². The van der Waals surface area contributed by atoms with Crippen molar-refractivity contribution in [1.29, 1.82) is 0 Å². The Kier molecular flexibility index (Phi) is 13.2. The average Bonchev–Trinajstić information content (AvgIpc) is 1.91. The van der Waals surface area contributed by atoms with Crippen molar-refractivity contribution in [3.63, 3.8) is 0 Å². The molecule has 0 nitrogen and oxygen atoms in total. The maximum atomic E-state index is 3.79. The fourth-order valence-electron chi connectivity index (χ4n) is 0.250. The molecule has 8 heavy (non-hydrogen) atoms. The molecule has 0 saturated heterocycles. The van der Waals surface area contributed by atoms with Crippen LogP contribution in [0.4, 0.5) is 0 Å². The molecule has 0 heteroatoms. The smallest absolute Gasteiger partial charge is 0.0352 e. The molecule has 0 heterocycles. The van der Waals surface area contributed by atoms with Gasteiger partial charge in [0.15, 0.2) is 0 Å². The zero-order valence-corrected chi connectivity index (χ0v) is 6.62. The van der Waals surface area contributed by atoms with Crippen molar-refractivity contribution >= 4 is 0 Å². The van der Waals surface area contributed by atoms with E-state index < -0.39 is 0 Å². The molecule has 0 bridgehead atoms. The second-order valence-corrected chi connectivity index (χ2v) is 1.46. The molecule has 0 aliphatic heterocycles. The molecule has 0 aromatic heterocycles. The summed E-state index contributed by atoms with van der Waals surface area (Å²) in [6.45, 7) is 12.1. The molecular formula is C8H18. The molecule has 0 amide bonds. The molecule has 0 aliphatic carbocycles. The summed E-state index contributed by atoms with van der Waals surface area (Å²) in [5.74, 6) is 0. The van der Waals surface area contributed by atoms with E-state index in [1.807, 2.05) is 13.8 Å². The van der Waals surface area contributed by atoms with E-state index in [1.165, 1.54) is 5.57 Å². The van der Waals surface area contributed by atoms with E-state index in [0.29, 0.717) is 0 Å². The van der Waals surface area contributed by atoms with E-state index >= 15 is 0 Å². The van der Waals surface area contributed by atoms with Gasteiger partial charge in [0.05, 0.1) is 0 Å². The number of allylic oxidation sites excluding steroid dienone is 1. The lowest BCUT2D eigenvalue weighted by molar-refractivity contribution is 0.986. The summed E-state index contributed by atoms with van der Waals surface area (Å²) in [6, 6.07) is 0. The first-order valence-electron chi connectivity index (χ1n) is 3.47. The van der Waals surface area contributed by atoms with Crippen LogP contribution >= 0.6 is 0 Å². The van der Waals surface area contributed by atoms with Crippen molar-refractivity contribution in [2.24, 2.45) is 0 Å². The average molecular weight is 114 g/mol. The van der Waals surface area contributed by atoms with Crippen LogP contribution in [0.5, 0.6) is 0 Å². The number of hydrogen-bond acceptors (Lipinski definition) is 0. The zero-order chi connectivity index (χ0) is 6.99. The highest BCUT2D eigenvalue weighted by molar-refractivity contribution is 4.89. The van der Waals surface area contributed by atoms with Gasteiger partial charge >= 0.3 is 0 Å². The van der Waals surface area contributed by atoms with Crippen molar-refractivity contribution in [1.82, 2.24) is 0 Å². The summed E-state index contributed by atoms with van der Waals surface area (Å²) in [7, 11) is 0. The monoisotopic (exact) mass is 114 g/mol. The highest BCUT2D eigenvalue weighted by Crippen LogP contribution is 1.98. The fourth-order valence-corrected chi connectivity index (χ4v) is 0.250. The minimum Gasteiger partial charge on any atom is -0.0999 e. The molecule has 0 fully saturated rings. The van der Waals surface area contributed by atoms with Gasteiger partial charge in [0.2, 0.25) is 0 Å². The quantitative estimate of drug-likeness (QED) is 0.483. The lowest BCUT2D eigenvalue weighted by Gasteiger charge is -1.89. The summed E-state index contributed by atoms with van der Waals surface area (Å²) >= 11 is 0. The van der Waals surface area contributed by atoms with Crippen LogP contribution in [0.25, 0.3) is 0 Å². The van der Waals surface area contributed by atoms with Crippen molar-refractivity contribution < 1.29 is 0 Å². The fraction of sp³-hybridized carbons (Fsp3) is 0.750. The van der Waals surface area contributed by atoms with Gasteiger partial charge in [0.1, 0.15) is 0 Å². The predicted molar refractivity (Wildman–Crippen MR) is 41.1 cm³/mol.